The molecule has 0 saturated heterocycles. The third-order valence-corrected chi connectivity index (χ3v) is 5.00. The number of hydrogen-bond donors (Lipinski definition) is 2. The summed E-state index contributed by atoms with van der Waals surface area (Å²) in [6, 6.07) is 13.2. The van der Waals surface area contributed by atoms with E-state index in [1.54, 1.807) is 12.1 Å². The SMILES string of the molecule is CCc1ccccc1NC(=O)c1ccc2c(c1)NC(=O)[C@@H](C)S2. The number of anilines is 2. The number of thioether (sulfide) groups is 1. The van der Waals surface area contributed by atoms with Gasteiger partial charge in [-0.2, -0.15) is 0 Å². The normalized spacial score (nSPS) is 16.4. The number of aryl methyl sites for hydroxylation is 1. The molecule has 0 aliphatic carbocycles. The van der Waals surface area contributed by atoms with Crippen LogP contribution in [-0.2, 0) is 11.2 Å². The van der Waals surface area contributed by atoms with Crippen LogP contribution in [0, 0.1) is 0 Å². The Kier molecular flexibility index (Phi) is 4.39. The van der Waals surface area contributed by atoms with Crippen molar-refractivity contribution in [2.75, 3.05) is 10.6 Å². The van der Waals surface area contributed by atoms with Gasteiger partial charge in [-0.3, -0.25) is 9.59 Å². The summed E-state index contributed by atoms with van der Waals surface area (Å²) >= 11 is 1.51. The van der Waals surface area contributed by atoms with Crippen LogP contribution >= 0.6 is 11.8 Å². The van der Waals surface area contributed by atoms with Gasteiger partial charge in [-0.25, -0.2) is 0 Å². The second-order valence-corrected chi connectivity index (χ2v) is 6.81. The molecule has 0 bridgehead atoms. The molecule has 118 valence electrons. The summed E-state index contributed by atoms with van der Waals surface area (Å²) < 4.78 is 0. The van der Waals surface area contributed by atoms with Gasteiger partial charge in [0.2, 0.25) is 5.91 Å². The summed E-state index contributed by atoms with van der Waals surface area (Å²) in [5, 5.41) is 5.69. The number of amides is 2. The highest BCUT2D eigenvalue weighted by Crippen LogP contribution is 2.36. The van der Waals surface area contributed by atoms with Crippen molar-refractivity contribution in [3.05, 3.63) is 53.6 Å². The number of nitrogens with one attached hydrogen (secondary N) is 2. The summed E-state index contributed by atoms with van der Waals surface area (Å²) in [6.45, 7) is 3.92. The van der Waals surface area contributed by atoms with E-state index in [0.717, 1.165) is 22.6 Å². The maximum absolute atomic E-state index is 12.5. The van der Waals surface area contributed by atoms with E-state index >= 15 is 0 Å². The lowest BCUT2D eigenvalue weighted by molar-refractivity contribution is -0.115. The molecule has 2 N–H and O–H groups in total. The van der Waals surface area contributed by atoms with Crippen LogP contribution in [0.3, 0.4) is 0 Å². The van der Waals surface area contributed by atoms with E-state index in [9.17, 15) is 9.59 Å². The van der Waals surface area contributed by atoms with Gasteiger partial charge in [0.25, 0.3) is 5.91 Å². The predicted octanol–water partition coefficient (Wildman–Crippen LogP) is 3.93. The summed E-state index contributed by atoms with van der Waals surface area (Å²) in [5.74, 6) is -0.206. The van der Waals surface area contributed by atoms with Crippen LogP contribution in [0.15, 0.2) is 47.4 Å². The number of hydrogen-bond acceptors (Lipinski definition) is 3. The Balaban J connectivity index is 1.83. The first-order valence-corrected chi connectivity index (χ1v) is 8.47. The molecule has 23 heavy (non-hydrogen) atoms. The van der Waals surface area contributed by atoms with Crippen molar-refractivity contribution < 1.29 is 9.59 Å². The lowest BCUT2D eigenvalue weighted by atomic mass is 10.1. The zero-order valence-electron chi connectivity index (χ0n) is 13.1. The molecule has 0 radical (unpaired) electrons. The third kappa shape index (κ3) is 3.24. The Hall–Kier alpha value is -2.27. The first-order chi connectivity index (χ1) is 11.1. The van der Waals surface area contributed by atoms with E-state index in [0.29, 0.717) is 11.3 Å². The van der Waals surface area contributed by atoms with Crippen LogP contribution in [-0.4, -0.2) is 17.1 Å². The second-order valence-electron chi connectivity index (χ2n) is 5.43. The van der Waals surface area contributed by atoms with Crippen molar-refractivity contribution in [1.82, 2.24) is 0 Å². The molecule has 1 atom stereocenters. The highest BCUT2D eigenvalue weighted by Gasteiger charge is 2.23. The Morgan fingerprint density at radius 2 is 2.04 bits per heavy atom. The van der Waals surface area contributed by atoms with Gasteiger partial charge in [0.05, 0.1) is 10.9 Å². The summed E-state index contributed by atoms with van der Waals surface area (Å²) in [6.07, 6.45) is 0.852. The largest absolute Gasteiger partial charge is 0.324 e. The van der Waals surface area contributed by atoms with Crippen molar-refractivity contribution in [2.24, 2.45) is 0 Å². The van der Waals surface area contributed by atoms with Gasteiger partial charge in [-0.15, -0.1) is 11.8 Å². The van der Waals surface area contributed by atoms with Crippen molar-refractivity contribution in [2.45, 2.75) is 30.4 Å². The lowest BCUT2D eigenvalue weighted by Crippen LogP contribution is -2.26. The van der Waals surface area contributed by atoms with E-state index in [1.165, 1.54) is 11.8 Å². The van der Waals surface area contributed by atoms with Crippen molar-refractivity contribution in [1.29, 1.82) is 0 Å². The van der Waals surface area contributed by atoms with Crippen molar-refractivity contribution in [3.63, 3.8) is 0 Å². The fourth-order valence-corrected chi connectivity index (χ4v) is 3.43. The molecule has 1 aliphatic rings. The van der Waals surface area contributed by atoms with Crippen molar-refractivity contribution in [3.8, 4) is 0 Å². The zero-order valence-corrected chi connectivity index (χ0v) is 13.9. The summed E-state index contributed by atoms with van der Waals surface area (Å²) in [4.78, 5) is 25.3. The third-order valence-electron chi connectivity index (χ3n) is 3.82. The Labute approximate surface area is 139 Å². The van der Waals surface area contributed by atoms with Gasteiger partial charge in [0.15, 0.2) is 0 Å². The van der Waals surface area contributed by atoms with Crippen LogP contribution < -0.4 is 10.6 Å². The predicted molar refractivity (Wildman–Crippen MR) is 94.2 cm³/mol. The molecule has 2 aromatic carbocycles. The van der Waals surface area contributed by atoms with E-state index in [1.807, 2.05) is 37.3 Å². The van der Waals surface area contributed by atoms with Gasteiger partial charge < -0.3 is 10.6 Å². The molecule has 0 saturated carbocycles. The molecule has 0 aromatic heterocycles. The van der Waals surface area contributed by atoms with E-state index in [2.05, 4.69) is 17.6 Å². The Morgan fingerprint density at radius 3 is 2.83 bits per heavy atom. The van der Waals surface area contributed by atoms with E-state index in [-0.39, 0.29) is 17.1 Å². The molecule has 1 heterocycles. The van der Waals surface area contributed by atoms with Crippen LogP contribution in [0.5, 0.6) is 0 Å². The molecular weight excluding hydrogens is 308 g/mol. The van der Waals surface area contributed by atoms with Crippen LogP contribution in [0.1, 0.15) is 29.8 Å². The number of rotatable bonds is 3. The minimum Gasteiger partial charge on any atom is -0.324 e. The monoisotopic (exact) mass is 326 g/mol. The standard InChI is InChI=1S/C18H18N2O2S/c1-3-12-6-4-5-7-14(12)19-18(22)13-8-9-16-15(10-13)20-17(21)11(2)23-16/h4-11H,3H2,1-2H3,(H,19,22)(H,20,21)/t11-/m1/s1. The van der Waals surface area contributed by atoms with Crippen LogP contribution in [0.2, 0.25) is 0 Å². The highest BCUT2D eigenvalue weighted by atomic mass is 32.2. The number of fused-ring (bicyclic) bond motifs is 1. The lowest BCUT2D eigenvalue weighted by Gasteiger charge is -2.21. The molecule has 5 heteroatoms. The zero-order chi connectivity index (χ0) is 16.4. The number of benzene rings is 2. The molecule has 0 unspecified atom stereocenters. The fraction of sp³-hybridized carbons (Fsp3) is 0.222. The summed E-state index contributed by atoms with van der Waals surface area (Å²) in [5.41, 5.74) is 3.15. The van der Waals surface area contributed by atoms with E-state index < -0.39 is 0 Å². The molecule has 3 rings (SSSR count). The second kappa shape index (κ2) is 6.46. The topological polar surface area (TPSA) is 58.2 Å². The van der Waals surface area contributed by atoms with Crippen LogP contribution in [0.4, 0.5) is 11.4 Å². The average Bonchev–Trinajstić information content (AvgIpc) is 2.56. The van der Waals surface area contributed by atoms with E-state index in [4.69, 9.17) is 0 Å². The smallest absolute Gasteiger partial charge is 0.255 e. The maximum Gasteiger partial charge on any atom is 0.255 e. The first-order valence-electron chi connectivity index (χ1n) is 7.59. The van der Waals surface area contributed by atoms with Gasteiger partial charge in [-0.1, -0.05) is 25.1 Å². The minimum atomic E-state index is -0.174. The Bertz CT molecular complexity index is 773. The Morgan fingerprint density at radius 1 is 1.26 bits per heavy atom. The minimum absolute atomic E-state index is 0.0311. The average molecular weight is 326 g/mol. The molecule has 2 amide bonds. The van der Waals surface area contributed by atoms with Crippen LogP contribution in [0.25, 0.3) is 0 Å². The first kappa shape index (κ1) is 15.6. The quantitative estimate of drug-likeness (QED) is 0.898. The van der Waals surface area contributed by atoms with Gasteiger partial charge in [-0.05, 0) is 43.2 Å². The van der Waals surface area contributed by atoms with Gasteiger partial charge >= 0.3 is 0 Å². The number of carbonyl (C=O) groups is 2. The molecule has 0 fully saturated rings. The molecule has 0 spiro atoms. The van der Waals surface area contributed by atoms with Gasteiger partial charge in [0.1, 0.15) is 0 Å². The molecule has 2 aromatic rings. The summed E-state index contributed by atoms with van der Waals surface area (Å²) in [7, 11) is 0. The fourth-order valence-electron chi connectivity index (χ4n) is 2.50. The maximum atomic E-state index is 12.5. The van der Waals surface area contributed by atoms with Gasteiger partial charge in [0, 0.05) is 16.1 Å². The molecule has 1 aliphatic heterocycles. The molecular formula is C18H18N2O2S. The molecule has 4 nitrogen and oxygen atoms in total. The number of para-hydroxylation sites is 1. The highest BCUT2D eigenvalue weighted by molar-refractivity contribution is 8.00. The number of carbonyl (C=O) groups excluding carboxylic acids is 2. The van der Waals surface area contributed by atoms with Crippen molar-refractivity contribution >= 4 is 35.0 Å².